The highest BCUT2D eigenvalue weighted by Gasteiger charge is 2.34. The van der Waals surface area contributed by atoms with Crippen LogP contribution in [0.25, 0.3) is 0 Å². The number of benzene rings is 1. The number of halogens is 1. The number of aryl methyl sites for hydroxylation is 1. The van der Waals surface area contributed by atoms with Crippen molar-refractivity contribution in [2.24, 2.45) is 5.73 Å². The van der Waals surface area contributed by atoms with Crippen LogP contribution in [0.1, 0.15) is 12.0 Å². The quantitative estimate of drug-likeness (QED) is 0.913. The molecule has 1 atom stereocenters. The van der Waals surface area contributed by atoms with Crippen molar-refractivity contribution in [3.8, 4) is 0 Å². The van der Waals surface area contributed by atoms with Gasteiger partial charge in [0.15, 0.2) is 0 Å². The molecule has 1 unspecified atom stereocenters. The Bertz CT molecular complexity index is 464. The lowest BCUT2D eigenvalue weighted by molar-refractivity contribution is 0.217. The van der Waals surface area contributed by atoms with E-state index in [1.54, 1.807) is 9.80 Å². The molecule has 4 nitrogen and oxygen atoms in total. The summed E-state index contributed by atoms with van der Waals surface area (Å²) < 4.78 is 0. The molecule has 1 saturated heterocycles. The van der Waals surface area contributed by atoms with E-state index in [-0.39, 0.29) is 12.1 Å². The first-order valence-corrected chi connectivity index (χ1v) is 6.43. The number of nitrogens with zero attached hydrogens (tertiary/aromatic N) is 2. The van der Waals surface area contributed by atoms with Crippen molar-refractivity contribution in [1.29, 1.82) is 0 Å². The fourth-order valence-corrected chi connectivity index (χ4v) is 2.38. The van der Waals surface area contributed by atoms with Gasteiger partial charge < -0.3 is 10.6 Å². The molecule has 18 heavy (non-hydrogen) atoms. The van der Waals surface area contributed by atoms with Crippen LogP contribution in [0.5, 0.6) is 0 Å². The fraction of sp³-hybridized carbons (Fsp3) is 0.462. The van der Waals surface area contributed by atoms with Gasteiger partial charge >= 0.3 is 6.03 Å². The Morgan fingerprint density at radius 3 is 2.83 bits per heavy atom. The number of anilines is 1. The third-order valence-corrected chi connectivity index (χ3v) is 3.85. The Hall–Kier alpha value is -1.26. The van der Waals surface area contributed by atoms with E-state index in [1.165, 1.54) is 0 Å². The summed E-state index contributed by atoms with van der Waals surface area (Å²) in [5, 5.41) is 0.685. The molecule has 1 aromatic carbocycles. The zero-order valence-electron chi connectivity index (χ0n) is 10.7. The second kappa shape index (κ2) is 5.16. The standard InChI is InChI=1S/C13H18ClN3O/c1-9-3-4-10(7-12(9)14)17-8-11(5-6-15)16(2)13(17)18/h3-4,7,11H,5-6,8,15H2,1-2H3. The van der Waals surface area contributed by atoms with E-state index in [0.29, 0.717) is 18.1 Å². The minimum absolute atomic E-state index is 0.00775. The van der Waals surface area contributed by atoms with Crippen molar-refractivity contribution in [3.05, 3.63) is 28.8 Å². The Morgan fingerprint density at radius 2 is 2.22 bits per heavy atom. The summed E-state index contributed by atoms with van der Waals surface area (Å²) in [5.41, 5.74) is 7.43. The van der Waals surface area contributed by atoms with Gasteiger partial charge in [0.05, 0.1) is 6.04 Å². The van der Waals surface area contributed by atoms with Crippen molar-refractivity contribution >= 4 is 23.3 Å². The van der Waals surface area contributed by atoms with Gasteiger partial charge in [0.1, 0.15) is 0 Å². The number of carbonyl (C=O) groups is 1. The van der Waals surface area contributed by atoms with Crippen molar-refractivity contribution < 1.29 is 4.79 Å². The van der Waals surface area contributed by atoms with Gasteiger partial charge in [-0.05, 0) is 37.6 Å². The summed E-state index contributed by atoms with van der Waals surface area (Å²) in [7, 11) is 1.82. The maximum Gasteiger partial charge on any atom is 0.324 e. The predicted molar refractivity (Wildman–Crippen MR) is 74.2 cm³/mol. The molecule has 0 saturated carbocycles. The number of hydrogen-bond donors (Lipinski definition) is 1. The Labute approximate surface area is 112 Å². The van der Waals surface area contributed by atoms with E-state index in [1.807, 2.05) is 32.2 Å². The van der Waals surface area contributed by atoms with Crippen LogP contribution in [0, 0.1) is 6.92 Å². The third-order valence-electron chi connectivity index (χ3n) is 3.44. The van der Waals surface area contributed by atoms with E-state index in [9.17, 15) is 4.79 Å². The molecule has 0 radical (unpaired) electrons. The van der Waals surface area contributed by atoms with E-state index < -0.39 is 0 Å². The SMILES string of the molecule is Cc1ccc(N2CC(CCN)N(C)C2=O)cc1Cl. The van der Waals surface area contributed by atoms with Crippen LogP contribution in [0.3, 0.4) is 0 Å². The van der Waals surface area contributed by atoms with E-state index in [0.717, 1.165) is 17.7 Å². The topological polar surface area (TPSA) is 49.6 Å². The lowest BCUT2D eigenvalue weighted by Gasteiger charge is -2.17. The number of nitrogens with two attached hydrogens (primary N) is 1. The molecule has 0 bridgehead atoms. The maximum atomic E-state index is 12.2. The number of carbonyl (C=O) groups excluding carboxylic acids is 1. The summed E-state index contributed by atoms with van der Waals surface area (Å²) in [6.07, 6.45) is 0.818. The molecule has 5 heteroatoms. The summed E-state index contributed by atoms with van der Waals surface area (Å²) >= 11 is 6.10. The number of rotatable bonds is 3. The summed E-state index contributed by atoms with van der Waals surface area (Å²) in [5.74, 6) is 0. The van der Waals surface area contributed by atoms with Gasteiger partial charge in [-0.1, -0.05) is 17.7 Å². The molecule has 1 aromatic rings. The first kappa shape index (κ1) is 13.2. The van der Waals surface area contributed by atoms with Crippen molar-refractivity contribution in [3.63, 3.8) is 0 Å². The first-order valence-electron chi connectivity index (χ1n) is 6.05. The van der Waals surface area contributed by atoms with E-state index in [2.05, 4.69) is 0 Å². The molecule has 0 aromatic heterocycles. The van der Waals surface area contributed by atoms with Crippen LogP contribution < -0.4 is 10.6 Å². The molecule has 1 heterocycles. The molecule has 2 rings (SSSR count). The largest absolute Gasteiger partial charge is 0.330 e. The monoisotopic (exact) mass is 267 g/mol. The fourth-order valence-electron chi connectivity index (χ4n) is 2.20. The minimum Gasteiger partial charge on any atom is -0.330 e. The van der Waals surface area contributed by atoms with Crippen LogP contribution in [0.4, 0.5) is 10.5 Å². The zero-order valence-corrected chi connectivity index (χ0v) is 11.4. The molecule has 0 aliphatic carbocycles. The molecular weight excluding hydrogens is 250 g/mol. The second-order valence-electron chi connectivity index (χ2n) is 4.67. The zero-order chi connectivity index (χ0) is 13.3. The normalized spacial score (nSPS) is 19.8. The van der Waals surface area contributed by atoms with Gasteiger partial charge in [0.25, 0.3) is 0 Å². The first-order chi connectivity index (χ1) is 8.54. The van der Waals surface area contributed by atoms with Crippen molar-refractivity contribution in [2.45, 2.75) is 19.4 Å². The highest BCUT2D eigenvalue weighted by atomic mass is 35.5. The number of likely N-dealkylation sites (N-methyl/N-ethyl adjacent to an activating group) is 1. The molecule has 1 aliphatic rings. The molecule has 2 amide bonds. The molecule has 0 spiro atoms. The third kappa shape index (κ3) is 2.31. The Balaban J connectivity index is 2.23. The van der Waals surface area contributed by atoms with Gasteiger partial charge in [-0.15, -0.1) is 0 Å². The average molecular weight is 268 g/mol. The highest BCUT2D eigenvalue weighted by molar-refractivity contribution is 6.31. The van der Waals surface area contributed by atoms with E-state index in [4.69, 9.17) is 17.3 Å². The minimum atomic E-state index is 0.00775. The van der Waals surface area contributed by atoms with Gasteiger partial charge in [0, 0.05) is 24.3 Å². The van der Waals surface area contributed by atoms with Crippen LogP contribution in [0.15, 0.2) is 18.2 Å². The van der Waals surface area contributed by atoms with Crippen LogP contribution in [-0.4, -0.2) is 37.1 Å². The average Bonchev–Trinajstić information content (AvgIpc) is 2.62. The summed E-state index contributed by atoms with van der Waals surface area (Å²) in [4.78, 5) is 15.7. The molecule has 1 aliphatic heterocycles. The highest BCUT2D eigenvalue weighted by Crippen LogP contribution is 2.28. The lowest BCUT2D eigenvalue weighted by atomic mass is 10.2. The van der Waals surface area contributed by atoms with Crippen molar-refractivity contribution in [1.82, 2.24) is 4.90 Å². The lowest BCUT2D eigenvalue weighted by Crippen LogP contribution is -2.32. The Morgan fingerprint density at radius 1 is 1.50 bits per heavy atom. The predicted octanol–water partition coefficient (Wildman–Crippen LogP) is 2.24. The van der Waals surface area contributed by atoms with Crippen molar-refractivity contribution in [2.75, 3.05) is 25.0 Å². The van der Waals surface area contributed by atoms with Crippen LogP contribution in [0.2, 0.25) is 5.02 Å². The van der Waals surface area contributed by atoms with Gasteiger partial charge in [-0.25, -0.2) is 4.79 Å². The number of amides is 2. The van der Waals surface area contributed by atoms with E-state index >= 15 is 0 Å². The van der Waals surface area contributed by atoms with Gasteiger partial charge in [-0.2, -0.15) is 0 Å². The molecule has 1 fully saturated rings. The second-order valence-corrected chi connectivity index (χ2v) is 5.08. The smallest absolute Gasteiger partial charge is 0.324 e. The van der Waals surface area contributed by atoms with Crippen LogP contribution in [-0.2, 0) is 0 Å². The van der Waals surface area contributed by atoms with Gasteiger partial charge in [0.2, 0.25) is 0 Å². The molecule has 2 N–H and O–H groups in total. The van der Waals surface area contributed by atoms with Gasteiger partial charge in [-0.3, -0.25) is 4.90 Å². The Kier molecular flexibility index (Phi) is 3.78. The molecular formula is C13H18ClN3O. The molecule has 98 valence electrons. The number of hydrogen-bond acceptors (Lipinski definition) is 2. The summed E-state index contributed by atoms with van der Waals surface area (Å²) in [6, 6.07) is 5.89. The van der Waals surface area contributed by atoms with Crippen LogP contribution >= 0.6 is 11.6 Å². The summed E-state index contributed by atoms with van der Waals surface area (Å²) in [6.45, 7) is 3.21. The number of urea groups is 1. The maximum absolute atomic E-state index is 12.2.